The van der Waals surface area contributed by atoms with Crippen LogP contribution in [0.15, 0.2) is 48.5 Å². The number of nitrogens with zero attached hydrogens (tertiary/aromatic N) is 1. The standard InChI is InChI=1S/C19H14ClNO5/c20-13-6-7-14(15(10-13)21(25)26)19(24)18-16(22)8-12(9-17(18)23)11-4-2-1-3-5-11/h1-7,10,12,18H,8-9H2. The molecule has 0 aliphatic heterocycles. The Morgan fingerprint density at radius 1 is 1.04 bits per heavy atom. The van der Waals surface area contributed by atoms with E-state index in [4.69, 9.17) is 11.6 Å². The quantitative estimate of drug-likeness (QED) is 0.353. The van der Waals surface area contributed by atoms with E-state index in [2.05, 4.69) is 0 Å². The molecule has 2 aromatic rings. The summed E-state index contributed by atoms with van der Waals surface area (Å²) in [5, 5.41) is 11.3. The van der Waals surface area contributed by atoms with Gasteiger partial charge in [0.1, 0.15) is 5.92 Å². The van der Waals surface area contributed by atoms with Crippen LogP contribution in [0.4, 0.5) is 5.69 Å². The third kappa shape index (κ3) is 3.41. The number of halogens is 1. The van der Waals surface area contributed by atoms with Crippen LogP contribution in [-0.4, -0.2) is 22.3 Å². The number of rotatable bonds is 4. The summed E-state index contributed by atoms with van der Waals surface area (Å²) in [5.74, 6) is -3.63. The van der Waals surface area contributed by atoms with E-state index < -0.39 is 33.9 Å². The highest BCUT2D eigenvalue weighted by molar-refractivity contribution is 6.31. The van der Waals surface area contributed by atoms with Crippen molar-refractivity contribution in [2.24, 2.45) is 5.92 Å². The van der Waals surface area contributed by atoms with E-state index in [0.29, 0.717) is 0 Å². The zero-order valence-electron chi connectivity index (χ0n) is 13.6. The summed E-state index contributed by atoms with van der Waals surface area (Å²) < 4.78 is 0. The van der Waals surface area contributed by atoms with Crippen molar-refractivity contribution in [2.45, 2.75) is 18.8 Å². The van der Waals surface area contributed by atoms with Crippen LogP contribution in [0.1, 0.15) is 34.7 Å². The van der Waals surface area contributed by atoms with Crippen LogP contribution in [0.3, 0.4) is 0 Å². The molecule has 0 N–H and O–H groups in total. The van der Waals surface area contributed by atoms with Gasteiger partial charge >= 0.3 is 0 Å². The van der Waals surface area contributed by atoms with Crippen molar-refractivity contribution in [1.29, 1.82) is 0 Å². The van der Waals surface area contributed by atoms with Gasteiger partial charge < -0.3 is 0 Å². The third-order valence-electron chi connectivity index (χ3n) is 4.49. The molecule has 2 aromatic carbocycles. The average Bonchev–Trinajstić information content (AvgIpc) is 2.61. The highest BCUT2D eigenvalue weighted by atomic mass is 35.5. The normalized spacial score (nSPS) is 20.0. The highest BCUT2D eigenvalue weighted by Crippen LogP contribution is 2.34. The predicted molar refractivity (Wildman–Crippen MR) is 94.4 cm³/mol. The molecule has 7 heteroatoms. The number of ketones is 3. The van der Waals surface area contributed by atoms with E-state index in [-0.39, 0.29) is 29.3 Å². The lowest BCUT2D eigenvalue weighted by Crippen LogP contribution is -2.38. The van der Waals surface area contributed by atoms with Crippen LogP contribution in [0, 0.1) is 16.0 Å². The molecular formula is C19H14ClNO5. The molecular weight excluding hydrogens is 358 g/mol. The average molecular weight is 372 g/mol. The number of carbonyl (C=O) groups excluding carboxylic acids is 3. The maximum atomic E-state index is 12.7. The minimum absolute atomic E-state index is 0.0492. The summed E-state index contributed by atoms with van der Waals surface area (Å²) in [6, 6.07) is 12.7. The maximum absolute atomic E-state index is 12.7. The molecule has 0 spiro atoms. The van der Waals surface area contributed by atoms with E-state index >= 15 is 0 Å². The molecule has 0 amide bonds. The largest absolute Gasteiger partial charge is 0.298 e. The Morgan fingerprint density at radius 2 is 1.65 bits per heavy atom. The van der Waals surface area contributed by atoms with Crippen LogP contribution in [0.5, 0.6) is 0 Å². The van der Waals surface area contributed by atoms with Gasteiger partial charge in [0.15, 0.2) is 17.3 Å². The molecule has 0 unspecified atom stereocenters. The van der Waals surface area contributed by atoms with E-state index in [0.717, 1.165) is 11.6 Å². The Bertz CT molecular complexity index is 891. The van der Waals surface area contributed by atoms with Crippen LogP contribution in [-0.2, 0) is 9.59 Å². The number of benzene rings is 2. The highest BCUT2D eigenvalue weighted by Gasteiger charge is 2.42. The Morgan fingerprint density at radius 3 is 2.23 bits per heavy atom. The molecule has 1 aliphatic carbocycles. The lowest BCUT2D eigenvalue weighted by molar-refractivity contribution is -0.385. The SMILES string of the molecule is O=C1CC(c2ccccc2)CC(=O)C1C(=O)c1ccc(Cl)cc1[N+](=O)[O-]. The van der Waals surface area contributed by atoms with E-state index in [1.807, 2.05) is 30.3 Å². The van der Waals surface area contributed by atoms with Crippen LogP contribution in [0.2, 0.25) is 5.02 Å². The van der Waals surface area contributed by atoms with Gasteiger partial charge in [-0.15, -0.1) is 0 Å². The van der Waals surface area contributed by atoms with E-state index in [9.17, 15) is 24.5 Å². The summed E-state index contributed by atoms with van der Waals surface area (Å²) in [6.45, 7) is 0. The number of nitro benzene ring substituents is 1. The Hall–Kier alpha value is -2.86. The molecule has 26 heavy (non-hydrogen) atoms. The van der Waals surface area contributed by atoms with E-state index in [1.165, 1.54) is 12.1 Å². The molecule has 132 valence electrons. The van der Waals surface area contributed by atoms with Crippen LogP contribution < -0.4 is 0 Å². The van der Waals surface area contributed by atoms with Gasteiger partial charge in [-0.3, -0.25) is 24.5 Å². The smallest absolute Gasteiger partial charge is 0.281 e. The molecule has 0 aromatic heterocycles. The van der Waals surface area contributed by atoms with Gasteiger partial charge in [0, 0.05) is 23.9 Å². The second-order valence-electron chi connectivity index (χ2n) is 6.16. The topological polar surface area (TPSA) is 94.3 Å². The number of hydrogen-bond acceptors (Lipinski definition) is 5. The number of Topliss-reactive ketones (excluding diaryl/α,β-unsaturated/α-hetero) is 3. The summed E-state index contributed by atoms with van der Waals surface area (Å²) >= 11 is 5.75. The minimum atomic E-state index is -1.49. The molecule has 0 atom stereocenters. The second kappa shape index (κ2) is 7.17. The van der Waals surface area contributed by atoms with Crippen molar-refractivity contribution < 1.29 is 19.3 Å². The fraction of sp³-hybridized carbons (Fsp3) is 0.211. The summed E-state index contributed by atoms with van der Waals surface area (Å²) in [6.07, 6.45) is 0.0983. The van der Waals surface area contributed by atoms with Gasteiger partial charge in [-0.25, -0.2) is 0 Å². The molecule has 6 nitrogen and oxygen atoms in total. The second-order valence-corrected chi connectivity index (χ2v) is 6.60. The first kappa shape index (κ1) is 17.9. The Labute approximate surface area is 153 Å². The van der Waals surface area contributed by atoms with Gasteiger partial charge in [-0.1, -0.05) is 41.9 Å². The predicted octanol–water partition coefficient (Wildman–Crippen LogP) is 3.76. The van der Waals surface area contributed by atoms with E-state index in [1.54, 1.807) is 0 Å². The van der Waals surface area contributed by atoms with Crippen molar-refractivity contribution >= 4 is 34.6 Å². The third-order valence-corrected chi connectivity index (χ3v) is 4.73. The van der Waals surface area contributed by atoms with Crippen LogP contribution in [0.25, 0.3) is 0 Å². The first-order valence-corrected chi connectivity index (χ1v) is 8.35. The summed E-state index contributed by atoms with van der Waals surface area (Å²) in [7, 11) is 0. The first-order valence-electron chi connectivity index (χ1n) is 7.97. The van der Waals surface area contributed by atoms with Crippen molar-refractivity contribution in [3.8, 4) is 0 Å². The lowest BCUT2D eigenvalue weighted by Gasteiger charge is -2.25. The van der Waals surface area contributed by atoms with Gasteiger partial charge in [-0.05, 0) is 23.6 Å². The molecule has 0 radical (unpaired) electrons. The molecule has 1 saturated carbocycles. The van der Waals surface area contributed by atoms with Gasteiger partial charge in [0.2, 0.25) is 0 Å². The monoisotopic (exact) mass is 371 g/mol. The van der Waals surface area contributed by atoms with Crippen molar-refractivity contribution in [2.75, 3.05) is 0 Å². The number of carbonyl (C=O) groups is 3. The van der Waals surface area contributed by atoms with Crippen molar-refractivity contribution in [1.82, 2.24) is 0 Å². The zero-order valence-corrected chi connectivity index (χ0v) is 14.3. The minimum Gasteiger partial charge on any atom is -0.298 e. The molecule has 0 saturated heterocycles. The maximum Gasteiger partial charge on any atom is 0.281 e. The molecule has 0 heterocycles. The first-order chi connectivity index (χ1) is 12.4. The Kier molecular flexibility index (Phi) is 4.95. The molecule has 0 bridgehead atoms. The van der Waals surface area contributed by atoms with Gasteiger partial charge in [0.25, 0.3) is 5.69 Å². The lowest BCUT2D eigenvalue weighted by atomic mass is 9.74. The summed E-state index contributed by atoms with van der Waals surface area (Å²) in [4.78, 5) is 48.2. The number of hydrogen-bond donors (Lipinski definition) is 0. The fourth-order valence-corrected chi connectivity index (χ4v) is 3.41. The summed E-state index contributed by atoms with van der Waals surface area (Å²) in [5.41, 5.74) is 0.0788. The van der Waals surface area contributed by atoms with Crippen LogP contribution >= 0.6 is 11.6 Å². The van der Waals surface area contributed by atoms with Gasteiger partial charge in [0.05, 0.1) is 10.5 Å². The zero-order chi connectivity index (χ0) is 18.8. The molecule has 3 rings (SSSR count). The van der Waals surface area contributed by atoms with Crippen molar-refractivity contribution in [3.63, 3.8) is 0 Å². The Balaban J connectivity index is 1.89. The number of nitro groups is 1. The van der Waals surface area contributed by atoms with Crippen molar-refractivity contribution in [3.05, 3.63) is 74.8 Å². The van der Waals surface area contributed by atoms with Gasteiger partial charge in [-0.2, -0.15) is 0 Å². The fourth-order valence-electron chi connectivity index (χ4n) is 3.25. The molecule has 1 fully saturated rings. The molecule has 1 aliphatic rings.